The second-order valence-electron chi connectivity index (χ2n) is 5.31. The molecule has 1 atom stereocenters. The lowest BCUT2D eigenvalue weighted by molar-refractivity contribution is 0.852. The van der Waals surface area contributed by atoms with Gasteiger partial charge in [-0.2, -0.15) is 0 Å². The normalized spacial score (nSPS) is 12.5. The maximum absolute atomic E-state index is 6.18. The number of halogens is 2. The fraction of sp³-hybridized carbons (Fsp3) is 0.294. The molecular formula is C17H19Cl2N. The zero-order chi connectivity index (χ0) is 14.7. The SMILES string of the molecule is CC(C)c1ccc(C(C)Nc2ccc(Cl)cc2Cl)cc1. The van der Waals surface area contributed by atoms with Gasteiger partial charge < -0.3 is 5.32 Å². The molecule has 0 bridgehead atoms. The first-order chi connectivity index (χ1) is 9.47. The van der Waals surface area contributed by atoms with Crippen LogP contribution in [0.3, 0.4) is 0 Å². The Balaban J connectivity index is 2.13. The molecule has 1 unspecified atom stereocenters. The zero-order valence-electron chi connectivity index (χ0n) is 12.0. The van der Waals surface area contributed by atoms with Crippen molar-refractivity contribution in [1.29, 1.82) is 0 Å². The van der Waals surface area contributed by atoms with Crippen molar-refractivity contribution in [3.63, 3.8) is 0 Å². The molecule has 0 aromatic heterocycles. The highest BCUT2D eigenvalue weighted by Crippen LogP contribution is 2.29. The molecule has 1 nitrogen and oxygen atoms in total. The highest BCUT2D eigenvalue weighted by Gasteiger charge is 2.08. The van der Waals surface area contributed by atoms with Gasteiger partial charge in [-0.3, -0.25) is 0 Å². The third kappa shape index (κ3) is 3.68. The van der Waals surface area contributed by atoms with Crippen molar-refractivity contribution >= 4 is 28.9 Å². The summed E-state index contributed by atoms with van der Waals surface area (Å²) in [6, 6.07) is 14.4. The first-order valence-electron chi connectivity index (χ1n) is 6.79. The van der Waals surface area contributed by atoms with Gasteiger partial charge in [-0.25, -0.2) is 0 Å². The molecule has 2 aromatic carbocycles. The Morgan fingerprint density at radius 3 is 2.00 bits per heavy atom. The largest absolute Gasteiger partial charge is 0.377 e. The second kappa shape index (κ2) is 6.51. The van der Waals surface area contributed by atoms with Gasteiger partial charge in [-0.1, -0.05) is 61.3 Å². The van der Waals surface area contributed by atoms with E-state index in [2.05, 4.69) is 50.4 Å². The third-order valence-electron chi connectivity index (χ3n) is 3.41. The number of benzene rings is 2. The summed E-state index contributed by atoms with van der Waals surface area (Å²) in [5.41, 5.74) is 3.49. The summed E-state index contributed by atoms with van der Waals surface area (Å²) in [6.07, 6.45) is 0. The number of anilines is 1. The van der Waals surface area contributed by atoms with Crippen LogP contribution in [-0.4, -0.2) is 0 Å². The number of rotatable bonds is 4. The lowest BCUT2D eigenvalue weighted by Crippen LogP contribution is -2.07. The summed E-state index contributed by atoms with van der Waals surface area (Å²) in [5, 5.41) is 4.70. The quantitative estimate of drug-likeness (QED) is 0.700. The van der Waals surface area contributed by atoms with Gasteiger partial charge in [0.2, 0.25) is 0 Å². The molecule has 0 aliphatic heterocycles. The van der Waals surface area contributed by atoms with Gasteiger partial charge in [0, 0.05) is 11.1 Å². The number of hydrogen-bond acceptors (Lipinski definition) is 1. The Morgan fingerprint density at radius 1 is 0.850 bits per heavy atom. The zero-order valence-corrected chi connectivity index (χ0v) is 13.5. The van der Waals surface area contributed by atoms with Crippen LogP contribution in [0.25, 0.3) is 0 Å². The minimum Gasteiger partial charge on any atom is -0.377 e. The summed E-state index contributed by atoms with van der Waals surface area (Å²) in [7, 11) is 0. The molecule has 0 heterocycles. The van der Waals surface area contributed by atoms with E-state index in [1.807, 2.05) is 12.1 Å². The molecular weight excluding hydrogens is 289 g/mol. The van der Waals surface area contributed by atoms with Gasteiger partial charge >= 0.3 is 0 Å². The molecule has 0 aliphatic carbocycles. The van der Waals surface area contributed by atoms with Crippen molar-refractivity contribution in [1.82, 2.24) is 0 Å². The van der Waals surface area contributed by atoms with E-state index in [0.29, 0.717) is 16.0 Å². The van der Waals surface area contributed by atoms with Crippen LogP contribution in [-0.2, 0) is 0 Å². The molecule has 2 rings (SSSR count). The molecule has 0 radical (unpaired) electrons. The molecule has 106 valence electrons. The monoisotopic (exact) mass is 307 g/mol. The Labute approximate surface area is 130 Å². The first kappa shape index (κ1) is 15.2. The van der Waals surface area contributed by atoms with E-state index in [9.17, 15) is 0 Å². The minimum atomic E-state index is 0.190. The van der Waals surface area contributed by atoms with E-state index in [4.69, 9.17) is 23.2 Å². The summed E-state index contributed by atoms with van der Waals surface area (Å²) < 4.78 is 0. The van der Waals surface area contributed by atoms with Crippen molar-refractivity contribution in [3.8, 4) is 0 Å². The summed E-state index contributed by atoms with van der Waals surface area (Å²) in [4.78, 5) is 0. The molecule has 2 aromatic rings. The van der Waals surface area contributed by atoms with Crippen molar-refractivity contribution in [2.45, 2.75) is 32.7 Å². The number of hydrogen-bond donors (Lipinski definition) is 1. The molecule has 0 aliphatic rings. The lowest BCUT2D eigenvalue weighted by atomic mass is 9.99. The Hall–Kier alpha value is -1.18. The Bertz CT molecular complexity index is 576. The average molecular weight is 308 g/mol. The summed E-state index contributed by atoms with van der Waals surface area (Å²) in [6.45, 7) is 6.52. The molecule has 0 saturated carbocycles. The molecule has 3 heteroatoms. The Morgan fingerprint density at radius 2 is 1.45 bits per heavy atom. The Kier molecular flexibility index (Phi) is 4.95. The maximum Gasteiger partial charge on any atom is 0.0652 e. The highest BCUT2D eigenvalue weighted by molar-refractivity contribution is 6.36. The summed E-state index contributed by atoms with van der Waals surface area (Å²) in [5.74, 6) is 0.554. The smallest absolute Gasteiger partial charge is 0.0652 e. The predicted octanol–water partition coefficient (Wildman–Crippen LogP) is 6.29. The van der Waals surface area contributed by atoms with Crippen LogP contribution in [0.1, 0.15) is 43.9 Å². The van der Waals surface area contributed by atoms with Gasteiger partial charge in [0.25, 0.3) is 0 Å². The fourth-order valence-corrected chi connectivity index (χ4v) is 2.56. The van der Waals surface area contributed by atoms with Gasteiger partial charge in [0.1, 0.15) is 0 Å². The molecule has 0 saturated heterocycles. The van der Waals surface area contributed by atoms with Crippen LogP contribution in [0.5, 0.6) is 0 Å². The van der Waals surface area contributed by atoms with E-state index in [1.165, 1.54) is 11.1 Å². The third-order valence-corrected chi connectivity index (χ3v) is 3.95. The molecule has 20 heavy (non-hydrogen) atoms. The lowest BCUT2D eigenvalue weighted by Gasteiger charge is -2.17. The predicted molar refractivity (Wildman–Crippen MR) is 89.0 cm³/mol. The van der Waals surface area contributed by atoms with E-state index in [0.717, 1.165) is 5.69 Å². The maximum atomic E-state index is 6.18. The van der Waals surface area contributed by atoms with Crippen LogP contribution < -0.4 is 5.32 Å². The first-order valence-corrected chi connectivity index (χ1v) is 7.54. The van der Waals surface area contributed by atoms with Crippen molar-refractivity contribution in [2.75, 3.05) is 5.32 Å². The van der Waals surface area contributed by atoms with Gasteiger partial charge in [0.15, 0.2) is 0 Å². The van der Waals surface area contributed by atoms with Crippen LogP contribution in [0, 0.1) is 0 Å². The van der Waals surface area contributed by atoms with Crippen LogP contribution >= 0.6 is 23.2 Å². The van der Waals surface area contributed by atoms with E-state index in [1.54, 1.807) is 6.07 Å². The van der Waals surface area contributed by atoms with Crippen molar-refractivity contribution in [2.24, 2.45) is 0 Å². The molecule has 0 spiro atoms. The topological polar surface area (TPSA) is 12.0 Å². The van der Waals surface area contributed by atoms with Gasteiger partial charge in [-0.15, -0.1) is 0 Å². The molecule has 0 amide bonds. The highest BCUT2D eigenvalue weighted by atomic mass is 35.5. The minimum absolute atomic E-state index is 0.190. The van der Waals surface area contributed by atoms with Crippen molar-refractivity contribution in [3.05, 3.63) is 63.6 Å². The molecule has 0 fully saturated rings. The van der Waals surface area contributed by atoms with Gasteiger partial charge in [-0.05, 0) is 42.2 Å². The van der Waals surface area contributed by atoms with Crippen molar-refractivity contribution < 1.29 is 0 Å². The fourth-order valence-electron chi connectivity index (χ4n) is 2.09. The number of nitrogens with one attached hydrogen (secondary N) is 1. The summed E-state index contributed by atoms with van der Waals surface area (Å²) >= 11 is 12.1. The second-order valence-corrected chi connectivity index (χ2v) is 6.16. The van der Waals surface area contributed by atoms with E-state index >= 15 is 0 Å². The average Bonchev–Trinajstić information content (AvgIpc) is 2.42. The standard InChI is InChI=1S/C17H19Cl2N/c1-11(2)13-4-6-14(7-5-13)12(3)20-17-9-8-15(18)10-16(17)19/h4-12,20H,1-3H3. The molecule has 1 N–H and O–H groups in total. The van der Waals surface area contributed by atoms with Crippen LogP contribution in [0.15, 0.2) is 42.5 Å². The van der Waals surface area contributed by atoms with E-state index in [-0.39, 0.29) is 6.04 Å². The van der Waals surface area contributed by atoms with E-state index < -0.39 is 0 Å². The van der Waals surface area contributed by atoms with Gasteiger partial charge in [0.05, 0.1) is 10.7 Å². The van der Waals surface area contributed by atoms with Crippen LogP contribution in [0.2, 0.25) is 10.0 Å². The van der Waals surface area contributed by atoms with Crippen LogP contribution in [0.4, 0.5) is 5.69 Å².